The van der Waals surface area contributed by atoms with Crippen molar-refractivity contribution in [3.8, 4) is 44.5 Å². The summed E-state index contributed by atoms with van der Waals surface area (Å²) in [6.45, 7) is 0. The van der Waals surface area contributed by atoms with Crippen LogP contribution in [-0.2, 0) is 0 Å². The average molecular weight is 573 g/mol. The van der Waals surface area contributed by atoms with Gasteiger partial charge in [-0.1, -0.05) is 170 Å². The minimum absolute atomic E-state index is 0.920. The molecule has 0 amide bonds. The maximum atomic E-state index is 6.91. The van der Waals surface area contributed by atoms with Gasteiger partial charge in [-0.15, -0.1) is 0 Å². The Bertz CT molecular complexity index is 2460. The van der Waals surface area contributed by atoms with Gasteiger partial charge in [0.1, 0.15) is 11.2 Å². The molecule has 1 aromatic heterocycles. The molecule has 210 valence electrons. The Labute approximate surface area is 261 Å². The zero-order valence-electron chi connectivity index (χ0n) is 24.6. The van der Waals surface area contributed by atoms with Gasteiger partial charge in [-0.25, -0.2) is 0 Å². The van der Waals surface area contributed by atoms with Crippen molar-refractivity contribution >= 4 is 43.5 Å². The zero-order valence-corrected chi connectivity index (χ0v) is 24.6. The van der Waals surface area contributed by atoms with Crippen LogP contribution < -0.4 is 0 Å². The summed E-state index contributed by atoms with van der Waals surface area (Å²) in [5.41, 5.74) is 11.4. The third-order valence-corrected chi connectivity index (χ3v) is 9.09. The highest BCUT2D eigenvalue weighted by Gasteiger charge is 2.22. The van der Waals surface area contributed by atoms with Crippen molar-refractivity contribution in [3.05, 3.63) is 170 Å². The van der Waals surface area contributed by atoms with Crippen molar-refractivity contribution in [2.45, 2.75) is 0 Å². The van der Waals surface area contributed by atoms with E-state index in [4.69, 9.17) is 4.42 Å². The quantitative estimate of drug-likeness (QED) is 0.191. The monoisotopic (exact) mass is 572 g/mol. The van der Waals surface area contributed by atoms with Crippen LogP contribution in [0.4, 0.5) is 0 Å². The van der Waals surface area contributed by atoms with E-state index in [1.54, 1.807) is 0 Å². The highest BCUT2D eigenvalue weighted by atomic mass is 16.3. The molecule has 1 heterocycles. The summed E-state index contributed by atoms with van der Waals surface area (Å²) in [4.78, 5) is 0. The molecular weight excluding hydrogens is 544 g/mol. The number of para-hydroxylation sites is 2. The lowest BCUT2D eigenvalue weighted by molar-refractivity contribution is 0.671. The summed E-state index contributed by atoms with van der Waals surface area (Å²) in [6.07, 6.45) is 0. The zero-order chi connectivity index (χ0) is 29.7. The Morgan fingerprint density at radius 2 is 0.600 bits per heavy atom. The first kappa shape index (κ1) is 25.6. The molecule has 0 radical (unpaired) electrons. The van der Waals surface area contributed by atoms with Gasteiger partial charge in [-0.05, 0) is 49.4 Å². The first-order chi connectivity index (χ1) is 22.4. The lowest BCUT2D eigenvalue weighted by atomic mass is 9.83. The number of rotatable bonds is 4. The van der Waals surface area contributed by atoms with Crippen molar-refractivity contribution in [1.29, 1.82) is 0 Å². The Morgan fingerprint density at radius 3 is 1.16 bits per heavy atom. The van der Waals surface area contributed by atoms with E-state index < -0.39 is 0 Å². The van der Waals surface area contributed by atoms with E-state index in [1.165, 1.54) is 49.4 Å². The third kappa shape index (κ3) is 4.02. The van der Waals surface area contributed by atoms with E-state index in [0.29, 0.717) is 0 Å². The predicted molar refractivity (Wildman–Crippen MR) is 190 cm³/mol. The first-order valence-corrected chi connectivity index (χ1v) is 15.4. The molecule has 0 spiro atoms. The Kier molecular flexibility index (Phi) is 5.89. The van der Waals surface area contributed by atoms with E-state index in [9.17, 15) is 0 Å². The maximum absolute atomic E-state index is 6.91. The van der Waals surface area contributed by atoms with Crippen molar-refractivity contribution < 1.29 is 4.42 Å². The molecule has 9 rings (SSSR count). The van der Waals surface area contributed by atoms with Gasteiger partial charge in [0.05, 0.1) is 0 Å². The normalized spacial score (nSPS) is 11.6. The van der Waals surface area contributed by atoms with Crippen LogP contribution in [-0.4, -0.2) is 0 Å². The highest BCUT2D eigenvalue weighted by molar-refractivity contribution is 6.25. The van der Waals surface area contributed by atoms with Gasteiger partial charge in [-0.3, -0.25) is 0 Å². The van der Waals surface area contributed by atoms with Crippen molar-refractivity contribution in [3.63, 3.8) is 0 Å². The molecule has 0 aliphatic heterocycles. The van der Waals surface area contributed by atoms with Crippen LogP contribution in [0.5, 0.6) is 0 Å². The van der Waals surface area contributed by atoms with Gasteiger partial charge in [-0.2, -0.15) is 0 Å². The summed E-state index contributed by atoms with van der Waals surface area (Å²) < 4.78 is 6.91. The number of benzene rings is 8. The smallest absolute Gasteiger partial charge is 0.143 e. The first-order valence-electron chi connectivity index (χ1n) is 15.4. The number of fused-ring (bicyclic) bond motifs is 5. The lowest BCUT2D eigenvalue weighted by Gasteiger charge is -2.19. The fraction of sp³-hybridized carbons (Fsp3) is 0. The average Bonchev–Trinajstić information content (AvgIpc) is 3.51. The summed E-state index contributed by atoms with van der Waals surface area (Å²) in [6, 6.07) is 60.7. The molecule has 9 aromatic rings. The SMILES string of the molecule is c1ccc(-c2ccccc2-c2c3ccccc3c(-c3cccc4c3oc3c(-c5ccccc5)cccc34)c3ccccc23)cc1. The molecule has 1 nitrogen and oxygen atoms in total. The summed E-state index contributed by atoms with van der Waals surface area (Å²) >= 11 is 0. The second kappa shape index (κ2) is 10.4. The van der Waals surface area contributed by atoms with Crippen LogP contribution in [0.3, 0.4) is 0 Å². The molecule has 0 aliphatic rings. The molecule has 0 fully saturated rings. The maximum Gasteiger partial charge on any atom is 0.143 e. The third-order valence-electron chi connectivity index (χ3n) is 9.09. The van der Waals surface area contributed by atoms with E-state index >= 15 is 0 Å². The molecule has 0 bridgehead atoms. The molecule has 1 heteroatoms. The molecule has 0 atom stereocenters. The van der Waals surface area contributed by atoms with Gasteiger partial charge >= 0.3 is 0 Å². The predicted octanol–water partition coefficient (Wildman–Crippen LogP) is 12.6. The molecule has 0 saturated heterocycles. The van der Waals surface area contributed by atoms with Crippen LogP contribution >= 0.6 is 0 Å². The minimum Gasteiger partial charge on any atom is -0.455 e. The topological polar surface area (TPSA) is 13.1 Å². The van der Waals surface area contributed by atoms with Gasteiger partial charge < -0.3 is 4.42 Å². The van der Waals surface area contributed by atoms with Crippen molar-refractivity contribution in [2.24, 2.45) is 0 Å². The van der Waals surface area contributed by atoms with Crippen LogP contribution in [0.2, 0.25) is 0 Å². The molecule has 0 unspecified atom stereocenters. The molecule has 45 heavy (non-hydrogen) atoms. The van der Waals surface area contributed by atoms with E-state index in [1.807, 2.05) is 0 Å². The van der Waals surface area contributed by atoms with Gasteiger partial charge in [0.2, 0.25) is 0 Å². The van der Waals surface area contributed by atoms with Crippen LogP contribution in [0, 0.1) is 0 Å². The van der Waals surface area contributed by atoms with Crippen molar-refractivity contribution in [1.82, 2.24) is 0 Å². The molecule has 0 aliphatic carbocycles. The van der Waals surface area contributed by atoms with Gasteiger partial charge in [0.25, 0.3) is 0 Å². The summed E-state index contributed by atoms with van der Waals surface area (Å²) in [7, 11) is 0. The van der Waals surface area contributed by atoms with Crippen LogP contribution in [0.1, 0.15) is 0 Å². The molecule has 0 saturated carbocycles. The fourth-order valence-corrected chi connectivity index (χ4v) is 7.14. The second-order valence-electron chi connectivity index (χ2n) is 11.6. The van der Waals surface area contributed by atoms with Gasteiger partial charge in [0.15, 0.2) is 0 Å². The molecule has 0 N–H and O–H groups in total. The standard InChI is InChI=1S/C44H28O/c1-3-15-29(16-4-1)31-19-7-8-20-33(31)41-34-21-9-11-23-36(34)42(37-24-12-10-22-35(37)41)40-28-14-27-39-38-26-13-25-32(43(38)45-44(39)40)30-17-5-2-6-18-30/h1-28H. The van der Waals surface area contributed by atoms with E-state index in [-0.39, 0.29) is 0 Å². The summed E-state index contributed by atoms with van der Waals surface area (Å²) in [5, 5.41) is 7.15. The van der Waals surface area contributed by atoms with Crippen LogP contribution in [0.15, 0.2) is 174 Å². The lowest BCUT2D eigenvalue weighted by Crippen LogP contribution is -1.92. The van der Waals surface area contributed by atoms with Crippen molar-refractivity contribution in [2.75, 3.05) is 0 Å². The number of hydrogen-bond donors (Lipinski definition) is 0. The molecule has 8 aromatic carbocycles. The largest absolute Gasteiger partial charge is 0.455 e. The highest BCUT2D eigenvalue weighted by Crippen LogP contribution is 2.48. The Morgan fingerprint density at radius 1 is 0.244 bits per heavy atom. The van der Waals surface area contributed by atoms with E-state index in [0.717, 1.165) is 38.6 Å². The van der Waals surface area contributed by atoms with E-state index in [2.05, 4.69) is 170 Å². The Balaban J connectivity index is 1.38. The van der Waals surface area contributed by atoms with Crippen LogP contribution in [0.25, 0.3) is 88.0 Å². The summed E-state index contributed by atoms with van der Waals surface area (Å²) in [5.74, 6) is 0. The van der Waals surface area contributed by atoms with Gasteiger partial charge in [0, 0.05) is 27.5 Å². The Hall–Kier alpha value is -5.92. The minimum atomic E-state index is 0.920. The fourth-order valence-electron chi connectivity index (χ4n) is 7.14. The number of hydrogen-bond acceptors (Lipinski definition) is 1. The molecular formula is C44H28O. The number of furan rings is 1. The second-order valence-corrected chi connectivity index (χ2v) is 11.6.